The van der Waals surface area contributed by atoms with E-state index in [-0.39, 0.29) is 17.9 Å². The minimum atomic E-state index is -1.74. The Labute approximate surface area is 131 Å². The maximum absolute atomic E-state index is 9.75. The van der Waals surface area contributed by atoms with E-state index in [9.17, 15) is 5.11 Å². The van der Waals surface area contributed by atoms with Crippen molar-refractivity contribution in [1.29, 1.82) is 0 Å². The summed E-state index contributed by atoms with van der Waals surface area (Å²) in [7, 11) is -0.114. The summed E-state index contributed by atoms with van der Waals surface area (Å²) < 4.78 is 21.8. The van der Waals surface area contributed by atoms with Crippen LogP contribution in [0.2, 0.25) is 18.1 Å². The van der Waals surface area contributed by atoms with Gasteiger partial charge in [0.05, 0.1) is 25.4 Å². The first-order valence-electron chi connectivity index (χ1n) is 7.62. The van der Waals surface area contributed by atoms with E-state index in [1.807, 2.05) is 0 Å². The first kappa shape index (κ1) is 21.0. The Hall–Kier alpha value is 0.0169. The van der Waals surface area contributed by atoms with Crippen LogP contribution in [0.3, 0.4) is 0 Å². The lowest BCUT2D eigenvalue weighted by molar-refractivity contribution is -0.130. The number of aliphatic hydroxyl groups excluding tert-OH is 1. The molecule has 0 saturated heterocycles. The van der Waals surface area contributed by atoms with Crippen molar-refractivity contribution >= 4 is 8.32 Å². The standard InChI is InChI=1S/C15H34O5Si/c1-13(16)14(19-12-18-11-10-17-5)8-9-20-21(6,7)15(2,3)4/h13-14,16H,8-12H2,1-7H3/t13-,14-/m0/s1. The van der Waals surface area contributed by atoms with Crippen molar-refractivity contribution in [2.45, 2.75) is 64.5 Å². The highest BCUT2D eigenvalue weighted by Crippen LogP contribution is 2.36. The zero-order valence-corrected chi connectivity index (χ0v) is 15.8. The van der Waals surface area contributed by atoms with Gasteiger partial charge in [-0.05, 0) is 31.5 Å². The Morgan fingerprint density at radius 1 is 1.10 bits per heavy atom. The summed E-state index contributed by atoms with van der Waals surface area (Å²) in [5.41, 5.74) is 0. The van der Waals surface area contributed by atoms with Crippen molar-refractivity contribution in [3.8, 4) is 0 Å². The molecule has 0 aliphatic carbocycles. The Balaban J connectivity index is 4.05. The molecule has 0 aromatic carbocycles. The lowest BCUT2D eigenvalue weighted by Gasteiger charge is -2.36. The van der Waals surface area contributed by atoms with E-state index >= 15 is 0 Å². The first-order chi connectivity index (χ1) is 9.62. The summed E-state index contributed by atoms with van der Waals surface area (Å²) in [5.74, 6) is 0. The van der Waals surface area contributed by atoms with Gasteiger partial charge in [0.2, 0.25) is 0 Å². The van der Waals surface area contributed by atoms with E-state index in [0.717, 1.165) is 0 Å². The minimum absolute atomic E-state index is 0.166. The third kappa shape index (κ3) is 8.90. The highest BCUT2D eigenvalue weighted by molar-refractivity contribution is 6.74. The zero-order chi connectivity index (χ0) is 16.5. The van der Waals surface area contributed by atoms with Crippen LogP contribution in [0.5, 0.6) is 0 Å². The topological polar surface area (TPSA) is 57.2 Å². The van der Waals surface area contributed by atoms with Gasteiger partial charge in [-0.2, -0.15) is 0 Å². The molecule has 0 aromatic rings. The second kappa shape index (κ2) is 9.92. The Morgan fingerprint density at radius 3 is 2.19 bits per heavy atom. The Bertz CT molecular complexity index is 263. The summed E-state index contributed by atoms with van der Waals surface area (Å²) in [6.07, 6.45) is -0.144. The SMILES string of the molecule is COCCOCO[C@@H](CCO[Si](C)(C)C(C)(C)C)[C@H](C)O. The summed E-state index contributed by atoms with van der Waals surface area (Å²) in [6.45, 7) is 14.6. The number of rotatable bonds is 11. The molecule has 6 heteroatoms. The Kier molecular flexibility index (Phi) is 9.93. The van der Waals surface area contributed by atoms with Gasteiger partial charge in [0.1, 0.15) is 6.79 Å². The van der Waals surface area contributed by atoms with Gasteiger partial charge in [-0.3, -0.25) is 0 Å². The molecule has 0 aliphatic heterocycles. The van der Waals surface area contributed by atoms with Crippen LogP contribution in [0.25, 0.3) is 0 Å². The average Bonchev–Trinajstić information content (AvgIpc) is 2.34. The highest BCUT2D eigenvalue weighted by Gasteiger charge is 2.37. The van der Waals surface area contributed by atoms with Crippen LogP contribution in [-0.4, -0.2) is 59.4 Å². The van der Waals surface area contributed by atoms with E-state index in [0.29, 0.717) is 26.2 Å². The number of ether oxygens (including phenoxy) is 3. The van der Waals surface area contributed by atoms with Crippen LogP contribution in [0.15, 0.2) is 0 Å². The van der Waals surface area contributed by atoms with E-state index in [4.69, 9.17) is 18.6 Å². The van der Waals surface area contributed by atoms with Crippen LogP contribution < -0.4 is 0 Å². The van der Waals surface area contributed by atoms with Crippen LogP contribution in [0, 0.1) is 0 Å². The minimum Gasteiger partial charge on any atom is -0.417 e. The quantitative estimate of drug-likeness (QED) is 0.360. The summed E-state index contributed by atoms with van der Waals surface area (Å²) in [5, 5.41) is 9.95. The van der Waals surface area contributed by atoms with Gasteiger partial charge in [0, 0.05) is 13.7 Å². The lowest BCUT2D eigenvalue weighted by atomic mass is 10.2. The molecule has 1 N–H and O–H groups in total. The van der Waals surface area contributed by atoms with Gasteiger partial charge in [0.25, 0.3) is 0 Å². The highest BCUT2D eigenvalue weighted by atomic mass is 28.4. The van der Waals surface area contributed by atoms with Crippen LogP contribution in [-0.2, 0) is 18.6 Å². The van der Waals surface area contributed by atoms with E-state index in [1.54, 1.807) is 14.0 Å². The fraction of sp³-hybridized carbons (Fsp3) is 1.00. The molecule has 0 fully saturated rings. The van der Waals surface area contributed by atoms with Gasteiger partial charge < -0.3 is 23.7 Å². The van der Waals surface area contributed by atoms with Gasteiger partial charge in [0.15, 0.2) is 8.32 Å². The summed E-state index contributed by atoms with van der Waals surface area (Å²) in [4.78, 5) is 0. The van der Waals surface area contributed by atoms with Gasteiger partial charge >= 0.3 is 0 Å². The Morgan fingerprint density at radius 2 is 1.71 bits per heavy atom. The zero-order valence-electron chi connectivity index (χ0n) is 14.8. The summed E-state index contributed by atoms with van der Waals surface area (Å²) >= 11 is 0. The molecular formula is C15H34O5Si. The molecule has 21 heavy (non-hydrogen) atoms. The van der Waals surface area contributed by atoms with Crippen LogP contribution in [0.1, 0.15) is 34.1 Å². The molecule has 0 aliphatic rings. The molecule has 2 atom stereocenters. The number of aliphatic hydroxyl groups is 1. The maximum Gasteiger partial charge on any atom is 0.191 e. The second-order valence-electron chi connectivity index (χ2n) is 6.86. The molecule has 0 bridgehead atoms. The maximum atomic E-state index is 9.75. The third-order valence-electron chi connectivity index (χ3n) is 4.01. The molecule has 0 unspecified atom stereocenters. The van der Waals surface area contributed by atoms with Crippen LogP contribution >= 0.6 is 0 Å². The predicted molar refractivity (Wildman–Crippen MR) is 87.0 cm³/mol. The molecule has 0 saturated carbocycles. The van der Waals surface area contributed by atoms with Crippen molar-refractivity contribution in [1.82, 2.24) is 0 Å². The lowest BCUT2D eigenvalue weighted by Crippen LogP contribution is -2.42. The fourth-order valence-corrected chi connectivity index (χ4v) is 2.51. The third-order valence-corrected chi connectivity index (χ3v) is 8.54. The molecule has 0 radical (unpaired) electrons. The smallest absolute Gasteiger partial charge is 0.191 e. The van der Waals surface area contributed by atoms with E-state index < -0.39 is 14.4 Å². The molecule has 0 amide bonds. The van der Waals surface area contributed by atoms with Crippen molar-refractivity contribution in [2.75, 3.05) is 33.7 Å². The predicted octanol–water partition coefficient (Wildman–Crippen LogP) is 2.78. The van der Waals surface area contributed by atoms with E-state index in [1.165, 1.54) is 0 Å². The fourth-order valence-electron chi connectivity index (χ4n) is 1.45. The molecule has 0 heterocycles. The monoisotopic (exact) mass is 322 g/mol. The molecule has 0 rings (SSSR count). The van der Waals surface area contributed by atoms with Crippen molar-refractivity contribution in [3.05, 3.63) is 0 Å². The van der Waals surface area contributed by atoms with Crippen LogP contribution in [0.4, 0.5) is 0 Å². The first-order valence-corrected chi connectivity index (χ1v) is 10.5. The number of methoxy groups -OCH3 is 1. The number of hydrogen-bond acceptors (Lipinski definition) is 5. The van der Waals surface area contributed by atoms with Crippen molar-refractivity contribution in [2.24, 2.45) is 0 Å². The summed E-state index contributed by atoms with van der Waals surface area (Å²) in [6, 6.07) is 0. The molecule has 0 spiro atoms. The second-order valence-corrected chi connectivity index (χ2v) is 11.7. The van der Waals surface area contributed by atoms with Gasteiger partial charge in [-0.1, -0.05) is 20.8 Å². The molecule has 128 valence electrons. The molecule has 0 aromatic heterocycles. The van der Waals surface area contributed by atoms with E-state index in [2.05, 4.69) is 33.9 Å². The van der Waals surface area contributed by atoms with Crippen molar-refractivity contribution in [3.63, 3.8) is 0 Å². The molecular weight excluding hydrogens is 288 g/mol. The van der Waals surface area contributed by atoms with Gasteiger partial charge in [-0.15, -0.1) is 0 Å². The van der Waals surface area contributed by atoms with Crippen molar-refractivity contribution < 1.29 is 23.7 Å². The normalized spacial score (nSPS) is 16.0. The molecule has 5 nitrogen and oxygen atoms in total. The largest absolute Gasteiger partial charge is 0.417 e. The van der Waals surface area contributed by atoms with Gasteiger partial charge in [-0.25, -0.2) is 0 Å². The number of hydrogen-bond donors (Lipinski definition) is 1. The average molecular weight is 323 g/mol.